The topological polar surface area (TPSA) is 17.1 Å². The lowest BCUT2D eigenvalue weighted by molar-refractivity contribution is -0.122. The van der Waals surface area contributed by atoms with E-state index in [-0.39, 0.29) is 5.92 Å². The fraction of sp³-hybridized carbons (Fsp3) is 0.769. The number of unbranched alkanes of at least 4 members (excludes halogenated alkanes) is 2. The van der Waals surface area contributed by atoms with Crippen molar-refractivity contribution in [3.05, 3.63) is 11.6 Å². The molecule has 0 heterocycles. The standard InChI is InChI=1S/C13H24O/c1-5-6-7-8-13(14)12(4)10-9-11(2)3/h9,12H,5-8,10H2,1-4H3/t12-/m1/s1. The average Bonchev–Trinajstić information content (AvgIpc) is 2.14. The van der Waals surface area contributed by atoms with Crippen molar-refractivity contribution < 1.29 is 4.79 Å². The highest BCUT2D eigenvalue weighted by molar-refractivity contribution is 5.80. The van der Waals surface area contributed by atoms with Crippen LogP contribution in [0.2, 0.25) is 0 Å². The normalized spacial score (nSPS) is 12.3. The van der Waals surface area contributed by atoms with Crippen LogP contribution in [0.15, 0.2) is 11.6 Å². The predicted molar refractivity (Wildman–Crippen MR) is 62.4 cm³/mol. The lowest BCUT2D eigenvalue weighted by atomic mass is 9.97. The van der Waals surface area contributed by atoms with E-state index in [4.69, 9.17) is 0 Å². The zero-order chi connectivity index (χ0) is 11.0. The molecule has 0 fully saturated rings. The van der Waals surface area contributed by atoms with Crippen LogP contribution < -0.4 is 0 Å². The molecule has 1 nitrogen and oxygen atoms in total. The second-order valence-electron chi connectivity index (χ2n) is 4.34. The van der Waals surface area contributed by atoms with Crippen molar-refractivity contribution in [1.82, 2.24) is 0 Å². The highest BCUT2D eigenvalue weighted by atomic mass is 16.1. The number of carbonyl (C=O) groups excluding carboxylic acids is 1. The highest BCUT2D eigenvalue weighted by Crippen LogP contribution is 2.11. The van der Waals surface area contributed by atoms with Crippen LogP contribution in [0.1, 0.15) is 59.8 Å². The molecule has 0 aromatic rings. The molecule has 0 aliphatic rings. The number of Topliss-reactive ketones (excluding diaryl/α,β-unsaturated/α-hetero) is 1. The molecule has 0 bridgehead atoms. The van der Waals surface area contributed by atoms with Gasteiger partial charge in [0.2, 0.25) is 0 Å². The first-order valence-corrected chi connectivity index (χ1v) is 5.74. The molecule has 0 rings (SSSR count). The Morgan fingerprint density at radius 2 is 1.93 bits per heavy atom. The molecule has 0 amide bonds. The van der Waals surface area contributed by atoms with Crippen molar-refractivity contribution in [2.24, 2.45) is 5.92 Å². The summed E-state index contributed by atoms with van der Waals surface area (Å²) in [5.74, 6) is 0.637. The van der Waals surface area contributed by atoms with Crippen molar-refractivity contribution in [3.63, 3.8) is 0 Å². The maximum Gasteiger partial charge on any atom is 0.136 e. The zero-order valence-corrected chi connectivity index (χ0v) is 10.1. The van der Waals surface area contributed by atoms with Crippen molar-refractivity contribution in [2.45, 2.75) is 59.8 Å². The first kappa shape index (κ1) is 13.4. The van der Waals surface area contributed by atoms with E-state index in [1.165, 1.54) is 18.4 Å². The van der Waals surface area contributed by atoms with E-state index in [1.807, 2.05) is 6.92 Å². The first-order chi connectivity index (χ1) is 6.57. The fourth-order valence-corrected chi connectivity index (χ4v) is 1.34. The molecule has 82 valence electrons. The number of ketones is 1. The molecule has 1 atom stereocenters. The van der Waals surface area contributed by atoms with Gasteiger partial charge in [-0.2, -0.15) is 0 Å². The van der Waals surface area contributed by atoms with Crippen LogP contribution in [-0.2, 0) is 4.79 Å². The Labute approximate surface area is 88.6 Å². The number of rotatable bonds is 7. The van der Waals surface area contributed by atoms with Crippen LogP contribution in [0.5, 0.6) is 0 Å². The maximum absolute atomic E-state index is 11.6. The second kappa shape index (κ2) is 7.78. The second-order valence-corrected chi connectivity index (χ2v) is 4.34. The third-order valence-electron chi connectivity index (χ3n) is 2.46. The number of hydrogen-bond acceptors (Lipinski definition) is 1. The fourth-order valence-electron chi connectivity index (χ4n) is 1.34. The van der Waals surface area contributed by atoms with Crippen LogP contribution in [0.4, 0.5) is 0 Å². The van der Waals surface area contributed by atoms with Crippen molar-refractivity contribution in [2.75, 3.05) is 0 Å². The summed E-state index contributed by atoms with van der Waals surface area (Å²) in [5.41, 5.74) is 1.30. The summed E-state index contributed by atoms with van der Waals surface area (Å²) in [6.07, 6.45) is 7.27. The highest BCUT2D eigenvalue weighted by Gasteiger charge is 2.10. The predicted octanol–water partition coefficient (Wildman–Crippen LogP) is 4.13. The van der Waals surface area contributed by atoms with E-state index >= 15 is 0 Å². The lowest BCUT2D eigenvalue weighted by Gasteiger charge is -2.07. The molecule has 0 saturated heterocycles. The summed E-state index contributed by atoms with van der Waals surface area (Å²) < 4.78 is 0. The Morgan fingerprint density at radius 1 is 1.29 bits per heavy atom. The Morgan fingerprint density at radius 3 is 2.43 bits per heavy atom. The molecule has 0 aliphatic heterocycles. The van der Waals surface area contributed by atoms with E-state index in [0.29, 0.717) is 5.78 Å². The SMILES string of the molecule is CCCCCC(=O)[C@H](C)CC=C(C)C. The summed E-state index contributed by atoms with van der Waals surface area (Å²) in [6.45, 7) is 8.35. The van der Waals surface area contributed by atoms with Crippen LogP contribution in [0.3, 0.4) is 0 Å². The molecule has 0 aromatic carbocycles. The van der Waals surface area contributed by atoms with E-state index in [1.54, 1.807) is 0 Å². The van der Waals surface area contributed by atoms with Gasteiger partial charge in [0.05, 0.1) is 0 Å². The Hall–Kier alpha value is -0.590. The van der Waals surface area contributed by atoms with Crippen molar-refractivity contribution in [1.29, 1.82) is 0 Å². The molecule has 0 N–H and O–H groups in total. The zero-order valence-electron chi connectivity index (χ0n) is 10.1. The summed E-state index contributed by atoms with van der Waals surface area (Å²) in [4.78, 5) is 11.6. The molecule has 0 aromatic heterocycles. The molecule has 0 radical (unpaired) electrons. The van der Waals surface area contributed by atoms with Crippen LogP contribution in [0, 0.1) is 5.92 Å². The van der Waals surface area contributed by atoms with Crippen LogP contribution >= 0.6 is 0 Å². The third-order valence-corrected chi connectivity index (χ3v) is 2.46. The number of allylic oxidation sites excluding steroid dienone is 2. The minimum absolute atomic E-state index is 0.210. The van der Waals surface area contributed by atoms with E-state index in [9.17, 15) is 4.79 Å². The van der Waals surface area contributed by atoms with Gasteiger partial charge in [-0.25, -0.2) is 0 Å². The Bertz CT molecular complexity index is 187. The Kier molecular flexibility index (Phi) is 7.45. The maximum atomic E-state index is 11.6. The van der Waals surface area contributed by atoms with Crippen LogP contribution in [0.25, 0.3) is 0 Å². The molecule has 1 heteroatoms. The van der Waals surface area contributed by atoms with E-state index in [2.05, 4.69) is 26.8 Å². The van der Waals surface area contributed by atoms with Crippen LogP contribution in [-0.4, -0.2) is 5.78 Å². The van der Waals surface area contributed by atoms with Gasteiger partial charge in [0, 0.05) is 12.3 Å². The van der Waals surface area contributed by atoms with E-state index in [0.717, 1.165) is 19.3 Å². The van der Waals surface area contributed by atoms with Gasteiger partial charge in [-0.3, -0.25) is 4.79 Å². The van der Waals surface area contributed by atoms with Gasteiger partial charge in [0.1, 0.15) is 5.78 Å². The lowest BCUT2D eigenvalue weighted by Crippen LogP contribution is -2.09. The van der Waals surface area contributed by atoms with E-state index < -0.39 is 0 Å². The van der Waals surface area contributed by atoms with Gasteiger partial charge < -0.3 is 0 Å². The molecule has 0 unspecified atom stereocenters. The molecule has 0 aliphatic carbocycles. The molecule has 14 heavy (non-hydrogen) atoms. The summed E-state index contributed by atoms with van der Waals surface area (Å²) >= 11 is 0. The smallest absolute Gasteiger partial charge is 0.136 e. The molecule has 0 spiro atoms. The van der Waals surface area contributed by atoms with Gasteiger partial charge >= 0.3 is 0 Å². The molecular formula is C13H24O. The largest absolute Gasteiger partial charge is 0.299 e. The average molecular weight is 196 g/mol. The molecule has 0 saturated carbocycles. The monoisotopic (exact) mass is 196 g/mol. The summed E-state index contributed by atoms with van der Waals surface area (Å²) in [7, 11) is 0. The Balaban J connectivity index is 3.71. The van der Waals surface area contributed by atoms with Gasteiger partial charge in [-0.1, -0.05) is 38.3 Å². The quantitative estimate of drug-likeness (QED) is 0.442. The minimum Gasteiger partial charge on any atom is -0.299 e. The number of hydrogen-bond donors (Lipinski definition) is 0. The first-order valence-electron chi connectivity index (χ1n) is 5.74. The van der Waals surface area contributed by atoms with Crippen molar-refractivity contribution in [3.8, 4) is 0 Å². The summed E-state index contributed by atoms with van der Waals surface area (Å²) in [5, 5.41) is 0. The van der Waals surface area contributed by atoms with Gasteiger partial charge in [-0.15, -0.1) is 0 Å². The van der Waals surface area contributed by atoms with Gasteiger partial charge in [0.25, 0.3) is 0 Å². The minimum atomic E-state index is 0.210. The van der Waals surface area contributed by atoms with Crippen molar-refractivity contribution >= 4 is 5.78 Å². The summed E-state index contributed by atoms with van der Waals surface area (Å²) in [6, 6.07) is 0. The van der Waals surface area contributed by atoms with Gasteiger partial charge in [-0.05, 0) is 26.7 Å². The number of carbonyl (C=O) groups is 1. The molecular weight excluding hydrogens is 172 g/mol. The van der Waals surface area contributed by atoms with Gasteiger partial charge in [0.15, 0.2) is 0 Å². The third kappa shape index (κ3) is 6.88.